The minimum atomic E-state index is 0.597. The molecule has 0 amide bonds. The monoisotopic (exact) mass is 96.0 g/mol. The van der Waals surface area contributed by atoms with E-state index in [1.807, 2.05) is 0 Å². The first-order valence-electron chi connectivity index (χ1n) is 1.02. The maximum Gasteiger partial charge on any atom is 0.0606 e. The third-order valence-corrected chi connectivity index (χ3v) is 0.312. The lowest BCUT2D eigenvalue weighted by atomic mass is 11.7. The van der Waals surface area contributed by atoms with E-state index in [-0.39, 0.29) is 0 Å². The number of nitrogens with zero attached hydrogens (tertiary/aromatic N) is 1. The first-order chi connectivity index (χ1) is 2.27. The highest BCUT2D eigenvalue weighted by Crippen LogP contribution is 1.75. The second-order valence-electron chi connectivity index (χ2n) is 0.455. The van der Waals surface area contributed by atoms with Gasteiger partial charge in [0.1, 0.15) is 0 Å². The molecule has 32 valence electrons. The predicted octanol–water partition coefficient (Wildman–Crippen LogP) is -0.123. The molecule has 0 spiro atoms. The number of hydrogen-bond acceptors (Lipinski definition) is 3. The molecule has 0 aromatic heterocycles. The van der Waals surface area contributed by atoms with Crippen molar-refractivity contribution in [2.24, 2.45) is 5.84 Å². The molecule has 0 aliphatic carbocycles. The summed E-state index contributed by atoms with van der Waals surface area (Å²) >= 11 is 4.85. The molecule has 0 aliphatic heterocycles. The van der Waals surface area contributed by atoms with Crippen LogP contribution in [0, 0.1) is 0 Å². The van der Waals surface area contributed by atoms with Crippen molar-refractivity contribution in [3.05, 3.63) is 0 Å². The zero-order valence-corrected chi connectivity index (χ0v) is 3.57. The lowest BCUT2D eigenvalue weighted by Crippen LogP contribution is -2.17. The van der Waals surface area contributed by atoms with E-state index in [2.05, 4.69) is 10.7 Å². The molecule has 0 aliphatic rings. The van der Waals surface area contributed by atoms with Crippen LogP contribution in [0.1, 0.15) is 0 Å². The van der Waals surface area contributed by atoms with Gasteiger partial charge < -0.3 is 0 Å². The van der Waals surface area contributed by atoms with Crippen molar-refractivity contribution >= 4 is 11.8 Å². The molecule has 0 fully saturated rings. The summed E-state index contributed by atoms with van der Waals surface area (Å²) in [5.74, 6) is 4.67. The molecule has 0 aromatic rings. The van der Waals surface area contributed by atoms with Crippen molar-refractivity contribution in [1.29, 1.82) is 0 Å². The van der Waals surface area contributed by atoms with Crippen LogP contribution in [-0.4, -0.2) is 11.8 Å². The third-order valence-electron chi connectivity index (χ3n) is 0.174. The van der Waals surface area contributed by atoms with Gasteiger partial charge in [0.05, 0.1) is 7.11 Å². The van der Waals surface area contributed by atoms with Gasteiger partial charge in [-0.15, -0.1) is 0 Å². The quantitative estimate of drug-likeness (QED) is 0.281. The Morgan fingerprint density at radius 1 is 2.00 bits per heavy atom. The van der Waals surface area contributed by atoms with E-state index < -0.39 is 0 Å². The molecule has 0 aromatic carbocycles. The first-order valence-corrected chi connectivity index (χ1v) is 1.36. The molecular weight excluding hydrogens is 91.5 g/mol. The van der Waals surface area contributed by atoms with E-state index in [0.29, 0.717) is 4.69 Å². The summed E-state index contributed by atoms with van der Waals surface area (Å²) in [6.07, 6.45) is 0. The summed E-state index contributed by atoms with van der Waals surface area (Å²) in [6.45, 7) is 0. The van der Waals surface area contributed by atoms with Crippen LogP contribution in [0.25, 0.3) is 0 Å². The molecule has 0 bridgehead atoms. The number of hydrazine groups is 1. The molecule has 0 heterocycles. The van der Waals surface area contributed by atoms with Crippen molar-refractivity contribution < 1.29 is 4.84 Å². The molecule has 0 unspecified atom stereocenters. The van der Waals surface area contributed by atoms with Crippen molar-refractivity contribution in [1.82, 2.24) is 4.69 Å². The molecule has 2 N–H and O–H groups in total. The minimum absolute atomic E-state index is 0.597. The summed E-state index contributed by atoms with van der Waals surface area (Å²) in [4.78, 5) is 4.13. The van der Waals surface area contributed by atoms with Crippen LogP contribution in [-0.2, 0) is 4.84 Å². The first kappa shape index (κ1) is 5.17. The summed E-state index contributed by atoms with van der Waals surface area (Å²) in [5, 5.41) is 0. The van der Waals surface area contributed by atoms with Gasteiger partial charge in [-0.25, -0.2) is 5.84 Å². The second kappa shape index (κ2) is 2.41. The molecule has 0 saturated heterocycles. The smallest absolute Gasteiger partial charge is 0.0606 e. The normalized spacial score (nSPS) is 9.60. The number of rotatable bonds is 1. The molecule has 0 saturated carbocycles. The number of nitrogens with two attached hydrogens (primary N) is 1. The Morgan fingerprint density at radius 3 is 2.20 bits per heavy atom. The van der Waals surface area contributed by atoms with Crippen LogP contribution < -0.4 is 5.84 Å². The van der Waals surface area contributed by atoms with Gasteiger partial charge in [-0.2, -0.15) is 0 Å². The largest absolute Gasteiger partial charge is 0.273 e. The van der Waals surface area contributed by atoms with Gasteiger partial charge in [-0.3, -0.25) is 4.84 Å². The fourth-order valence-electron chi connectivity index (χ4n) is 0. The van der Waals surface area contributed by atoms with Crippen molar-refractivity contribution in [3.8, 4) is 0 Å². The lowest BCUT2D eigenvalue weighted by Gasteiger charge is -1.96. The van der Waals surface area contributed by atoms with Gasteiger partial charge in [0.25, 0.3) is 0 Å². The van der Waals surface area contributed by atoms with E-state index in [4.69, 9.17) is 11.8 Å². The zero-order valence-electron chi connectivity index (χ0n) is 2.81. The Kier molecular flexibility index (Phi) is 2.49. The highest BCUT2D eigenvalue weighted by Gasteiger charge is 1.75. The second-order valence-corrected chi connectivity index (χ2v) is 0.788. The van der Waals surface area contributed by atoms with Gasteiger partial charge in [0, 0.05) is 11.8 Å². The molecular formula is CH5ClN2O. The zero-order chi connectivity index (χ0) is 4.28. The van der Waals surface area contributed by atoms with E-state index >= 15 is 0 Å². The minimum Gasteiger partial charge on any atom is -0.273 e. The molecule has 0 radical (unpaired) electrons. The molecule has 0 rings (SSSR count). The number of hydrogen-bond donors (Lipinski definition) is 1. The van der Waals surface area contributed by atoms with Crippen LogP contribution in [0.5, 0.6) is 0 Å². The molecule has 4 heteroatoms. The third kappa shape index (κ3) is 4.17. The molecule has 0 atom stereocenters. The fourth-order valence-corrected chi connectivity index (χ4v) is 0. The van der Waals surface area contributed by atoms with Gasteiger partial charge >= 0.3 is 0 Å². The Balaban J connectivity index is 2.54. The van der Waals surface area contributed by atoms with Crippen LogP contribution in [0.15, 0.2) is 0 Å². The summed E-state index contributed by atoms with van der Waals surface area (Å²) < 4.78 is 0.597. The molecule has 3 nitrogen and oxygen atoms in total. The van der Waals surface area contributed by atoms with E-state index in [1.54, 1.807) is 0 Å². The van der Waals surface area contributed by atoms with Gasteiger partial charge in [0.15, 0.2) is 0 Å². The number of halogens is 1. The average molecular weight is 96.5 g/mol. The molecule has 5 heavy (non-hydrogen) atoms. The van der Waals surface area contributed by atoms with E-state index in [1.165, 1.54) is 7.11 Å². The van der Waals surface area contributed by atoms with Crippen LogP contribution >= 0.6 is 11.8 Å². The van der Waals surface area contributed by atoms with Crippen molar-refractivity contribution in [2.75, 3.05) is 7.11 Å². The van der Waals surface area contributed by atoms with Crippen LogP contribution in [0.2, 0.25) is 0 Å². The Hall–Kier alpha value is 0.170. The van der Waals surface area contributed by atoms with Gasteiger partial charge in [0.2, 0.25) is 0 Å². The predicted molar refractivity (Wildman–Crippen MR) is 18.9 cm³/mol. The van der Waals surface area contributed by atoms with E-state index in [9.17, 15) is 0 Å². The fraction of sp³-hybridized carbons (Fsp3) is 1.00. The summed E-state index contributed by atoms with van der Waals surface area (Å²) in [7, 11) is 1.37. The van der Waals surface area contributed by atoms with Crippen molar-refractivity contribution in [3.63, 3.8) is 0 Å². The standard InChI is InChI=1S/CH5ClN2O/c1-5-4(2)3/h3H2,1H3. The Bertz CT molecular complexity index is 23.6. The summed E-state index contributed by atoms with van der Waals surface area (Å²) in [5.41, 5.74) is 0. The Labute approximate surface area is 35.3 Å². The van der Waals surface area contributed by atoms with Crippen molar-refractivity contribution in [2.45, 2.75) is 0 Å². The van der Waals surface area contributed by atoms with Crippen LogP contribution in [0.4, 0.5) is 0 Å². The Morgan fingerprint density at radius 2 is 2.20 bits per heavy atom. The highest BCUT2D eigenvalue weighted by atomic mass is 35.5. The van der Waals surface area contributed by atoms with Gasteiger partial charge in [-0.1, -0.05) is 0 Å². The highest BCUT2D eigenvalue weighted by molar-refractivity contribution is 6.12. The maximum atomic E-state index is 4.85. The van der Waals surface area contributed by atoms with E-state index in [0.717, 1.165) is 0 Å². The average Bonchev–Trinajstić information content (AvgIpc) is 1.38. The summed E-state index contributed by atoms with van der Waals surface area (Å²) in [6, 6.07) is 0. The lowest BCUT2D eigenvalue weighted by molar-refractivity contribution is -0.0486. The SMILES string of the molecule is CON(N)Cl. The maximum absolute atomic E-state index is 4.85. The topological polar surface area (TPSA) is 38.5 Å². The van der Waals surface area contributed by atoms with Crippen LogP contribution in [0.3, 0.4) is 0 Å². The van der Waals surface area contributed by atoms with Gasteiger partial charge in [-0.05, 0) is 4.69 Å².